The molecule has 1 aromatic heterocycles. The highest BCUT2D eigenvalue weighted by atomic mass is 16.5. The summed E-state index contributed by atoms with van der Waals surface area (Å²) in [6, 6.07) is 7.83. The fourth-order valence-corrected chi connectivity index (χ4v) is 2.51. The van der Waals surface area contributed by atoms with E-state index in [1.54, 1.807) is 0 Å². The SMILES string of the molecule is Nc1ccc2c(NCC3CCCCO3)ccnc2c1. The number of anilines is 2. The molecule has 2 aromatic rings. The van der Waals surface area contributed by atoms with Crippen LogP contribution in [0.5, 0.6) is 0 Å². The summed E-state index contributed by atoms with van der Waals surface area (Å²) < 4.78 is 5.73. The second-order valence-electron chi connectivity index (χ2n) is 5.00. The number of benzene rings is 1. The summed E-state index contributed by atoms with van der Waals surface area (Å²) in [7, 11) is 0. The van der Waals surface area contributed by atoms with E-state index >= 15 is 0 Å². The quantitative estimate of drug-likeness (QED) is 0.830. The number of rotatable bonds is 3. The highest BCUT2D eigenvalue weighted by Gasteiger charge is 2.13. The Hall–Kier alpha value is -1.81. The van der Waals surface area contributed by atoms with Crippen molar-refractivity contribution >= 4 is 22.3 Å². The first-order chi connectivity index (χ1) is 9.33. The number of nitrogens with one attached hydrogen (secondary N) is 1. The highest BCUT2D eigenvalue weighted by molar-refractivity contribution is 5.92. The van der Waals surface area contributed by atoms with Crippen molar-refractivity contribution in [3.8, 4) is 0 Å². The summed E-state index contributed by atoms with van der Waals surface area (Å²) in [6.07, 6.45) is 5.73. The Bertz CT molecular complexity index is 564. The molecule has 1 fully saturated rings. The van der Waals surface area contributed by atoms with E-state index in [-0.39, 0.29) is 0 Å². The predicted molar refractivity (Wildman–Crippen MR) is 78.2 cm³/mol. The third-order valence-electron chi connectivity index (χ3n) is 3.56. The van der Waals surface area contributed by atoms with E-state index in [1.807, 2.05) is 30.5 Å². The largest absolute Gasteiger partial charge is 0.399 e. The summed E-state index contributed by atoms with van der Waals surface area (Å²) in [5, 5.41) is 4.58. The first kappa shape index (κ1) is 12.2. The van der Waals surface area contributed by atoms with E-state index in [4.69, 9.17) is 10.5 Å². The number of hydrogen-bond donors (Lipinski definition) is 2. The van der Waals surface area contributed by atoms with E-state index in [1.165, 1.54) is 12.8 Å². The number of aromatic nitrogens is 1. The number of nitrogen functional groups attached to an aromatic ring is 1. The normalized spacial score (nSPS) is 19.5. The molecule has 0 saturated carbocycles. The van der Waals surface area contributed by atoms with Crippen LogP contribution in [0.2, 0.25) is 0 Å². The molecule has 3 N–H and O–H groups in total. The van der Waals surface area contributed by atoms with E-state index in [2.05, 4.69) is 10.3 Å². The summed E-state index contributed by atoms with van der Waals surface area (Å²) in [6.45, 7) is 1.74. The van der Waals surface area contributed by atoms with Crippen molar-refractivity contribution in [1.29, 1.82) is 0 Å². The van der Waals surface area contributed by atoms with E-state index in [0.29, 0.717) is 6.10 Å². The van der Waals surface area contributed by atoms with Crippen LogP contribution in [0.15, 0.2) is 30.5 Å². The summed E-state index contributed by atoms with van der Waals surface area (Å²) in [5.74, 6) is 0. The Morgan fingerprint density at radius 1 is 1.32 bits per heavy atom. The van der Waals surface area contributed by atoms with Crippen LogP contribution < -0.4 is 11.1 Å². The Morgan fingerprint density at radius 2 is 2.26 bits per heavy atom. The standard InChI is InChI=1S/C15H19N3O/c16-11-4-5-13-14(6-7-17-15(13)9-11)18-10-12-3-1-2-8-19-12/h4-7,9,12H,1-3,8,10,16H2,(H,17,18). The lowest BCUT2D eigenvalue weighted by Gasteiger charge is -2.23. The van der Waals surface area contributed by atoms with Gasteiger partial charge in [-0.3, -0.25) is 4.98 Å². The molecular weight excluding hydrogens is 238 g/mol. The molecule has 1 aliphatic heterocycles. The third-order valence-corrected chi connectivity index (χ3v) is 3.56. The molecule has 1 aliphatic rings. The molecule has 1 saturated heterocycles. The highest BCUT2D eigenvalue weighted by Crippen LogP contribution is 2.24. The maximum absolute atomic E-state index is 5.78. The molecule has 1 unspecified atom stereocenters. The Kier molecular flexibility index (Phi) is 3.51. The lowest BCUT2D eigenvalue weighted by atomic mass is 10.1. The van der Waals surface area contributed by atoms with Crippen LogP contribution in [0.4, 0.5) is 11.4 Å². The Labute approximate surface area is 113 Å². The fourth-order valence-electron chi connectivity index (χ4n) is 2.51. The second-order valence-corrected chi connectivity index (χ2v) is 5.00. The van der Waals surface area contributed by atoms with Crippen molar-refractivity contribution in [2.75, 3.05) is 24.2 Å². The molecule has 4 heteroatoms. The number of nitrogens with zero attached hydrogens (tertiary/aromatic N) is 1. The zero-order valence-electron chi connectivity index (χ0n) is 10.9. The molecule has 1 atom stereocenters. The van der Waals surface area contributed by atoms with Crippen molar-refractivity contribution in [1.82, 2.24) is 4.98 Å². The van der Waals surface area contributed by atoms with Crippen molar-refractivity contribution in [2.45, 2.75) is 25.4 Å². The van der Waals surface area contributed by atoms with E-state index < -0.39 is 0 Å². The first-order valence-electron chi connectivity index (χ1n) is 6.82. The van der Waals surface area contributed by atoms with Gasteiger partial charge in [0, 0.05) is 36.1 Å². The molecule has 3 rings (SSSR count). The minimum absolute atomic E-state index is 0.325. The monoisotopic (exact) mass is 257 g/mol. The van der Waals surface area contributed by atoms with Gasteiger partial charge >= 0.3 is 0 Å². The molecule has 0 amide bonds. The van der Waals surface area contributed by atoms with Crippen LogP contribution in [-0.4, -0.2) is 24.2 Å². The minimum Gasteiger partial charge on any atom is -0.399 e. The maximum atomic E-state index is 5.78. The number of hydrogen-bond acceptors (Lipinski definition) is 4. The van der Waals surface area contributed by atoms with Gasteiger partial charge in [0.1, 0.15) is 0 Å². The average Bonchev–Trinajstić information content (AvgIpc) is 2.45. The minimum atomic E-state index is 0.325. The first-order valence-corrected chi connectivity index (χ1v) is 6.82. The van der Waals surface area contributed by atoms with Gasteiger partial charge in [-0.2, -0.15) is 0 Å². The molecule has 1 aromatic carbocycles. The van der Waals surface area contributed by atoms with Crippen molar-refractivity contribution in [3.05, 3.63) is 30.5 Å². The van der Waals surface area contributed by atoms with Gasteiger partial charge < -0.3 is 15.8 Å². The smallest absolute Gasteiger partial charge is 0.0747 e. The van der Waals surface area contributed by atoms with E-state index in [0.717, 1.165) is 41.9 Å². The van der Waals surface area contributed by atoms with Crippen LogP contribution in [0, 0.1) is 0 Å². The van der Waals surface area contributed by atoms with Gasteiger partial charge in [0.05, 0.1) is 11.6 Å². The maximum Gasteiger partial charge on any atom is 0.0747 e. The molecule has 4 nitrogen and oxygen atoms in total. The molecule has 0 radical (unpaired) electrons. The predicted octanol–water partition coefficient (Wildman–Crippen LogP) is 2.80. The van der Waals surface area contributed by atoms with Crippen LogP contribution in [0.1, 0.15) is 19.3 Å². The topological polar surface area (TPSA) is 60.2 Å². The van der Waals surface area contributed by atoms with Crippen LogP contribution in [0.25, 0.3) is 10.9 Å². The van der Waals surface area contributed by atoms with Crippen LogP contribution in [-0.2, 0) is 4.74 Å². The zero-order valence-corrected chi connectivity index (χ0v) is 10.9. The molecule has 0 spiro atoms. The van der Waals surface area contributed by atoms with Gasteiger partial charge in [-0.15, -0.1) is 0 Å². The van der Waals surface area contributed by atoms with Gasteiger partial charge in [-0.25, -0.2) is 0 Å². The number of fused-ring (bicyclic) bond motifs is 1. The lowest BCUT2D eigenvalue weighted by Crippen LogP contribution is -2.27. The van der Waals surface area contributed by atoms with Gasteiger partial charge in [0.25, 0.3) is 0 Å². The van der Waals surface area contributed by atoms with Gasteiger partial charge in [0.15, 0.2) is 0 Å². The van der Waals surface area contributed by atoms with Gasteiger partial charge in [-0.05, 0) is 43.5 Å². The molecule has 0 bridgehead atoms. The number of pyridine rings is 1. The van der Waals surface area contributed by atoms with Gasteiger partial charge in [-0.1, -0.05) is 0 Å². The lowest BCUT2D eigenvalue weighted by molar-refractivity contribution is 0.0248. The average molecular weight is 257 g/mol. The van der Waals surface area contributed by atoms with Crippen molar-refractivity contribution in [3.63, 3.8) is 0 Å². The molecule has 0 aliphatic carbocycles. The number of nitrogens with two attached hydrogens (primary N) is 1. The molecular formula is C15H19N3O. The fraction of sp³-hybridized carbons (Fsp3) is 0.400. The van der Waals surface area contributed by atoms with E-state index in [9.17, 15) is 0 Å². The molecule has 2 heterocycles. The van der Waals surface area contributed by atoms with Crippen LogP contribution in [0.3, 0.4) is 0 Å². The summed E-state index contributed by atoms with van der Waals surface area (Å²) >= 11 is 0. The Balaban J connectivity index is 1.76. The second kappa shape index (κ2) is 5.45. The molecule has 19 heavy (non-hydrogen) atoms. The Morgan fingerprint density at radius 3 is 3.11 bits per heavy atom. The van der Waals surface area contributed by atoms with Gasteiger partial charge in [0.2, 0.25) is 0 Å². The summed E-state index contributed by atoms with van der Waals surface area (Å²) in [5.41, 5.74) is 8.55. The van der Waals surface area contributed by atoms with Crippen molar-refractivity contribution in [2.24, 2.45) is 0 Å². The molecule has 100 valence electrons. The summed E-state index contributed by atoms with van der Waals surface area (Å²) in [4.78, 5) is 4.35. The van der Waals surface area contributed by atoms with Crippen molar-refractivity contribution < 1.29 is 4.74 Å². The number of ether oxygens (including phenoxy) is 1. The van der Waals surface area contributed by atoms with Crippen LogP contribution >= 0.6 is 0 Å². The zero-order chi connectivity index (χ0) is 13.1. The third kappa shape index (κ3) is 2.79.